The van der Waals surface area contributed by atoms with E-state index in [0.29, 0.717) is 18.9 Å². The van der Waals surface area contributed by atoms with Crippen LogP contribution < -0.4 is 10.5 Å². The molecule has 0 heterocycles. The zero-order valence-corrected chi connectivity index (χ0v) is 11.4. The van der Waals surface area contributed by atoms with Gasteiger partial charge in [-0.05, 0) is 31.1 Å². The average Bonchev–Trinajstić information content (AvgIpc) is 2.31. The van der Waals surface area contributed by atoms with Gasteiger partial charge in [-0.2, -0.15) is 0 Å². The van der Waals surface area contributed by atoms with E-state index in [-0.39, 0.29) is 11.2 Å². The van der Waals surface area contributed by atoms with Crippen molar-refractivity contribution < 1.29 is 9.13 Å². The molecular weight excluding hydrogens is 231 g/mol. The van der Waals surface area contributed by atoms with E-state index < -0.39 is 0 Å². The highest BCUT2D eigenvalue weighted by Gasteiger charge is 2.17. The molecule has 0 saturated carbocycles. The van der Waals surface area contributed by atoms with Crippen molar-refractivity contribution in [3.05, 3.63) is 30.1 Å². The van der Waals surface area contributed by atoms with Crippen LogP contribution in [0.25, 0.3) is 0 Å². The zero-order chi connectivity index (χ0) is 13.6. The van der Waals surface area contributed by atoms with Crippen LogP contribution in [0.2, 0.25) is 0 Å². The summed E-state index contributed by atoms with van der Waals surface area (Å²) in [5.41, 5.74) is 5.78. The number of benzene rings is 1. The number of rotatable bonds is 7. The van der Waals surface area contributed by atoms with Crippen LogP contribution in [0.3, 0.4) is 0 Å². The van der Waals surface area contributed by atoms with Crippen LogP contribution in [0.4, 0.5) is 4.39 Å². The monoisotopic (exact) mass is 254 g/mol. The van der Waals surface area contributed by atoms with Crippen LogP contribution in [0.5, 0.6) is 5.75 Å². The second-order valence-corrected chi connectivity index (χ2v) is 5.39. The van der Waals surface area contributed by atoms with Gasteiger partial charge in [0.2, 0.25) is 0 Å². The van der Waals surface area contributed by atoms with Gasteiger partial charge < -0.3 is 15.4 Å². The van der Waals surface area contributed by atoms with Crippen molar-refractivity contribution in [1.29, 1.82) is 0 Å². The van der Waals surface area contributed by atoms with Crippen molar-refractivity contribution in [3.8, 4) is 5.75 Å². The van der Waals surface area contributed by atoms with E-state index in [9.17, 15) is 4.39 Å². The average molecular weight is 254 g/mol. The molecule has 0 unspecified atom stereocenters. The van der Waals surface area contributed by atoms with Crippen molar-refractivity contribution in [2.24, 2.45) is 11.1 Å². The molecule has 0 aliphatic carbocycles. The van der Waals surface area contributed by atoms with E-state index in [4.69, 9.17) is 10.5 Å². The molecule has 18 heavy (non-hydrogen) atoms. The Kier molecular flexibility index (Phi) is 5.56. The minimum atomic E-state index is -0.317. The summed E-state index contributed by atoms with van der Waals surface area (Å²) in [6.07, 6.45) is 0. The van der Waals surface area contributed by atoms with Crippen LogP contribution in [-0.4, -0.2) is 38.2 Å². The molecule has 2 N–H and O–H groups in total. The Bertz CT molecular complexity index is 369. The van der Waals surface area contributed by atoms with Crippen LogP contribution in [0.1, 0.15) is 13.8 Å². The predicted molar refractivity (Wildman–Crippen MR) is 72.2 cm³/mol. The number of nitrogens with zero attached hydrogens (tertiary/aromatic N) is 1. The topological polar surface area (TPSA) is 38.5 Å². The minimum Gasteiger partial charge on any atom is -0.489 e. The molecule has 1 aromatic carbocycles. The molecule has 3 nitrogen and oxygen atoms in total. The van der Waals surface area contributed by atoms with E-state index in [1.165, 1.54) is 6.07 Å². The van der Waals surface area contributed by atoms with Gasteiger partial charge >= 0.3 is 0 Å². The fourth-order valence-electron chi connectivity index (χ4n) is 1.75. The molecule has 0 aliphatic heterocycles. The Balaban J connectivity index is 2.32. The summed E-state index contributed by atoms with van der Waals surface area (Å²) < 4.78 is 18.7. The van der Waals surface area contributed by atoms with E-state index in [0.717, 1.165) is 13.1 Å². The summed E-state index contributed by atoms with van der Waals surface area (Å²) in [4.78, 5) is 2.15. The first-order valence-corrected chi connectivity index (χ1v) is 6.20. The lowest BCUT2D eigenvalue weighted by Crippen LogP contribution is -2.38. The lowest BCUT2D eigenvalue weighted by atomic mass is 9.93. The maximum atomic E-state index is 13.3. The second kappa shape index (κ2) is 6.71. The van der Waals surface area contributed by atoms with Gasteiger partial charge in [0.25, 0.3) is 0 Å². The van der Waals surface area contributed by atoms with E-state index in [1.54, 1.807) is 18.2 Å². The van der Waals surface area contributed by atoms with Crippen LogP contribution in [-0.2, 0) is 0 Å². The number of likely N-dealkylation sites (N-methyl/N-ethyl adjacent to an activating group) is 1. The van der Waals surface area contributed by atoms with Crippen molar-refractivity contribution in [2.45, 2.75) is 13.8 Å². The molecule has 1 aromatic rings. The normalized spacial score (nSPS) is 11.9. The Labute approximate surface area is 109 Å². The summed E-state index contributed by atoms with van der Waals surface area (Å²) in [5.74, 6) is -0.00794. The van der Waals surface area contributed by atoms with Gasteiger partial charge in [-0.1, -0.05) is 26.0 Å². The largest absolute Gasteiger partial charge is 0.489 e. The minimum absolute atomic E-state index is 0.0900. The standard InChI is InChI=1S/C14H23FN2O/c1-14(2,10-16)11-17(3)8-9-18-13-7-5-4-6-12(13)15/h4-7H,8-11,16H2,1-3H3. The lowest BCUT2D eigenvalue weighted by Gasteiger charge is -2.28. The third-order valence-electron chi connectivity index (χ3n) is 2.82. The fourth-order valence-corrected chi connectivity index (χ4v) is 1.75. The molecule has 0 aliphatic rings. The number of ether oxygens (including phenoxy) is 1. The molecule has 0 amide bonds. The molecule has 0 bridgehead atoms. The first-order chi connectivity index (χ1) is 8.44. The Morgan fingerprint density at radius 3 is 2.61 bits per heavy atom. The highest BCUT2D eigenvalue weighted by molar-refractivity contribution is 5.23. The third-order valence-corrected chi connectivity index (χ3v) is 2.82. The summed E-state index contributed by atoms with van der Waals surface area (Å²) in [6.45, 7) is 7.01. The van der Waals surface area contributed by atoms with Crippen molar-refractivity contribution in [2.75, 3.05) is 33.3 Å². The first kappa shape index (κ1) is 14.9. The van der Waals surface area contributed by atoms with Gasteiger partial charge in [0.05, 0.1) is 0 Å². The van der Waals surface area contributed by atoms with Gasteiger partial charge in [0.15, 0.2) is 11.6 Å². The summed E-state index contributed by atoms with van der Waals surface area (Å²) in [6, 6.07) is 6.45. The second-order valence-electron chi connectivity index (χ2n) is 5.39. The number of hydrogen-bond donors (Lipinski definition) is 1. The van der Waals surface area contributed by atoms with Crippen molar-refractivity contribution in [1.82, 2.24) is 4.90 Å². The molecule has 0 spiro atoms. The van der Waals surface area contributed by atoms with Gasteiger partial charge in [0, 0.05) is 13.1 Å². The maximum Gasteiger partial charge on any atom is 0.165 e. The van der Waals surface area contributed by atoms with Gasteiger partial charge in [-0.3, -0.25) is 0 Å². The molecule has 1 rings (SSSR count). The smallest absolute Gasteiger partial charge is 0.165 e. The van der Waals surface area contributed by atoms with Crippen molar-refractivity contribution in [3.63, 3.8) is 0 Å². The van der Waals surface area contributed by atoms with E-state index in [2.05, 4.69) is 18.7 Å². The van der Waals surface area contributed by atoms with Crippen molar-refractivity contribution >= 4 is 0 Å². The highest BCUT2D eigenvalue weighted by atomic mass is 19.1. The quantitative estimate of drug-likeness (QED) is 0.810. The Morgan fingerprint density at radius 1 is 1.33 bits per heavy atom. The first-order valence-electron chi connectivity index (χ1n) is 6.20. The molecule has 102 valence electrons. The van der Waals surface area contributed by atoms with Gasteiger partial charge in [0.1, 0.15) is 6.61 Å². The molecule has 0 atom stereocenters. The molecule has 0 aromatic heterocycles. The van der Waals surface area contributed by atoms with Crippen LogP contribution in [0, 0.1) is 11.2 Å². The number of para-hydroxylation sites is 1. The van der Waals surface area contributed by atoms with Gasteiger partial charge in [-0.25, -0.2) is 4.39 Å². The Morgan fingerprint density at radius 2 is 2.00 bits per heavy atom. The van der Waals surface area contributed by atoms with Crippen LogP contribution in [0.15, 0.2) is 24.3 Å². The molecule has 0 fully saturated rings. The number of halogens is 1. The summed E-state index contributed by atoms with van der Waals surface area (Å²) in [7, 11) is 2.02. The molecular formula is C14H23FN2O. The SMILES string of the molecule is CN(CCOc1ccccc1F)CC(C)(C)CN. The number of nitrogens with two attached hydrogens (primary N) is 1. The Hall–Kier alpha value is -1.13. The fraction of sp³-hybridized carbons (Fsp3) is 0.571. The lowest BCUT2D eigenvalue weighted by molar-refractivity contribution is 0.179. The van der Waals surface area contributed by atoms with E-state index >= 15 is 0 Å². The number of hydrogen-bond acceptors (Lipinski definition) is 3. The summed E-state index contributed by atoms with van der Waals surface area (Å²) >= 11 is 0. The van der Waals surface area contributed by atoms with Gasteiger partial charge in [-0.15, -0.1) is 0 Å². The highest BCUT2D eigenvalue weighted by Crippen LogP contribution is 2.16. The predicted octanol–water partition coefficient (Wildman–Crippen LogP) is 2.12. The molecule has 4 heteroatoms. The molecule has 0 radical (unpaired) electrons. The van der Waals surface area contributed by atoms with Crippen LogP contribution >= 0.6 is 0 Å². The third kappa shape index (κ3) is 5.02. The molecule has 0 saturated heterocycles. The summed E-state index contributed by atoms with van der Waals surface area (Å²) in [5, 5.41) is 0. The van der Waals surface area contributed by atoms with E-state index in [1.807, 2.05) is 7.05 Å². The maximum absolute atomic E-state index is 13.3. The zero-order valence-electron chi connectivity index (χ0n) is 11.4.